The summed E-state index contributed by atoms with van der Waals surface area (Å²) in [6.45, 7) is 2.77. The van der Waals surface area contributed by atoms with Crippen molar-refractivity contribution >= 4 is 23.2 Å². The van der Waals surface area contributed by atoms with Crippen molar-refractivity contribution in [3.63, 3.8) is 0 Å². The molecule has 26 heavy (non-hydrogen) atoms. The Balaban J connectivity index is 1.49. The molecule has 3 rings (SSSR count). The van der Waals surface area contributed by atoms with Crippen molar-refractivity contribution in [2.75, 3.05) is 23.8 Å². The molecular formula is C21H25N3O2. The maximum Gasteiger partial charge on any atom is 0.239 e. The molecular weight excluding hydrogens is 326 g/mol. The zero-order valence-corrected chi connectivity index (χ0v) is 15.3. The number of hydrogen-bond acceptors (Lipinski definition) is 3. The Labute approximate surface area is 154 Å². The number of carbonyl (C=O) groups is 2. The third-order valence-corrected chi connectivity index (χ3v) is 4.49. The molecule has 0 saturated heterocycles. The molecule has 1 saturated carbocycles. The second-order valence-electron chi connectivity index (χ2n) is 6.93. The number of aryl methyl sites for hydroxylation is 1. The highest BCUT2D eigenvalue weighted by Gasteiger charge is 2.29. The average Bonchev–Trinajstić information content (AvgIpc) is 3.46. The summed E-state index contributed by atoms with van der Waals surface area (Å²) in [7, 11) is 1.90. The number of hydrogen-bond donors (Lipinski definition) is 2. The highest BCUT2D eigenvalue weighted by atomic mass is 16.2. The van der Waals surface area contributed by atoms with Crippen LogP contribution >= 0.6 is 0 Å². The molecule has 1 aliphatic carbocycles. The third kappa shape index (κ3) is 5.09. The molecule has 0 radical (unpaired) electrons. The number of anilines is 2. The number of carbonyl (C=O) groups excluding carboxylic acids is 2. The summed E-state index contributed by atoms with van der Waals surface area (Å²) in [6.07, 6.45) is 1.96. The van der Waals surface area contributed by atoms with Crippen molar-refractivity contribution in [3.8, 4) is 0 Å². The molecule has 0 atom stereocenters. The fourth-order valence-electron chi connectivity index (χ4n) is 2.71. The number of benzene rings is 2. The van der Waals surface area contributed by atoms with E-state index in [2.05, 4.69) is 10.6 Å². The van der Waals surface area contributed by atoms with Crippen LogP contribution in [-0.4, -0.2) is 25.4 Å². The van der Waals surface area contributed by atoms with E-state index in [4.69, 9.17) is 0 Å². The van der Waals surface area contributed by atoms with Gasteiger partial charge >= 0.3 is 0 Å². The summed E-state index contributed by atoms with van der Waals surface area (Å²) in [5.41, 5.74) is 3.95. The zero-order chi connectivity index (χ0) is 18.5. The Kier molecular flexibility index (Phi) is 5.56. The van der Waals surface area contributed by atoms with Crippen molar-refractivity contribution in [2.24, 2.45) is 5.92 Å². The lowest BCUT2D eigenvalue weighted by Gasteiger charge is -2.19. The van der Waals surface area contributed by atoms with Crippen LogP contribution < -0.4 is 15.5 Å². The molecule has 0 aliphatic heterocycles. The first kappa shape index (κ1) is 18.0. The summed E-state index contributed by atoms with van der Waals surface area (Å²) < 4.78 is 0. The van der Waals surface area contributed by atoms with Crippen molar-refractivity contribution in [3.05, 3.63) is 59.7 Å². The summed E-state index contributed by atoms with van der Waals surface area (Å²) in [5, 5.41) is 5.86. The molecule has 0 heterocycles. The normalized spacial score (nSPS) is 13.2. The standard InChI is InChI=1S/C21H25N3O2/c1-15-6-10-19(11-7-15)24(2)14-20(25)22-13-16-4-3-5-18(12-16)23-21(26)17-8-9-17/h3-7,10-12,17H,8-9,13-14H2,1-2H3,(H,22,25)(H,23,26). The molecule has 0 unspecified atom stereocenters. The van der Waals surface area contributed by atoms with Crippen molar-refractivity contribution in [1.82, 2.24) is 5.32 Å². The molecule has 0 aromatic heterocycles. The molecule has 1 aliphatic rings. The summed E-state index contributed by atoms with van der Waals surface area (Å²) in [4.78, 5) is 26.0. The van der Waals surface area contributed by atoms with Crippen LogP contribution in [0.25, 0.3) is 0 Å². The SMILES string of the molecule is Cc1ccc(N(C)CC(=O)NCc2cccc(NC(=O)C3CC3)c2)cc1. The second-order valence-corrected chi connectivity index (χ2v) is 6.93. The summed E-state index contributed by atoms with van der Waals surface area (Å²) in [5.74, 6) is 0.224. The van der Waals surface area contributed by atoms with Gasteiger partial charge in [-0.1, -0.05) is 29.8 Å². The lowest BCUT2D eigenvalue weighted by Crippen LogP contribution is -2.34. The fraction of sp³-hybridized carbons (Fsp3) is 0.333. The predicted molar refractivity (Wildman–Crippen MR) is 104 cm³/mol. The van der Waals surface area contributed by atoms with E-state index in [0.717, 1.165) is 29.8 Å². The Hall–Kier alpha value is -2.82. The molecule has 5 nitrogen and oxygen atoms in total. The minimum Gasteiger partial charge on any atom is -0.365 e. The summed E-state index contributed by atoms with van der Waals surface area (Å²) >= 11 is 0. The minimum atomic E-state index is -0.0412. The highest BCUT2D eigenvalue weighted by Crippen LogP contribution is 2.30. The Morgan fingerprint density at radius 2 is 1.85 bits per heavy atom. The van der Waals surface area contributed by atoms with E-state index in [1.807, 2.05) is 67.4 Å². The van der Waals surface area contributed by atoms with E-state index < -0.39 is 0 Å². The minimum absolute atomic E-state index is 0.0412. The lowest BCUT2D eigenvalue weighted by molar-refractivity contribution is -0.120. The molecule has 2 aromatic rings. The van der Waals surface area contributed by atoms with Crippen LogP contribution in [0.3, 0.4) is 0 Å². The fourth-order valence-corrected chi connectivity index (χ4v) is 2.71. The van der Waals surface area contributed by atoms with Gasteiger partial charge in [-0.2, -0.15) is 0 Å². The first-order valence-electron chi connectivity index (χ1n) is 8.95. The molecule has 1 fully saturated rings. The number of nitrogens with zero attached hydrogens (tertiary/aromatic N) is 1. The van der Waals surface area contributed by atoms with Crippen LogP contribution in [0.1, 0.15) is 24.0 Å². The average molecular weight is 351 g/mol. The summed E-state index contributed by atoms with van der Waals surface area (Å²) in [6, 6.07) is 15.7. The topological polar surface area (TPSA) is 61.4 Å². The van der Waals surface area contributed by atoms with E-state index in [-0.39, 0.29) is 17.7 Å². The van der Waals surface area contributed by atoms with E-state index in [9.17, 15) is 9.59 Å². The number of likely N-dealkylation sites (N-methyl/N-ethyl adjacent to an activating group) is 1. The van der Waals surface area contributed by atoms with Crippen LogP contribution in [-0.2, 0) is 16.1 Å². The smallest absolute Gasteiger partial charge is 0.239 e. The van der Waals surface area contributed by atoms with Gasteiger partial charge in [-0.15, -0.1) is 0 Å². The van der Waals surface area contributed by atoms with Crippen LogP contribution in [0.2, 0.25) is 0 Å². The van der Waals surface area contributed by atoms with Gasteiger partial charge in [0.05, 0.1) is 6.54 Å². The molecule has 2 amide bonds. The Morgan fingerprint density at radius 3 is 2.54 bits per heavy atom. The van der Waals surface area contributed by atoms with Gasteiger partial charge in [0.1, 0.15) is 0 Å². The molecule has 136 valence electrons. The van der Waals surface area contributed by atoms with Gasteiger partial charge in [0, 0.05) is 30.9 Å². The van der Waals surface area contributed by atoms with Gasteiger partial charge in [0.15, 0.2) is 0 Å². The monoisotopic (exact) mass is 351 g/mol. The van der Waals surface area contributed by atoms with Gasteiger partial charge in [-0.3, -0.25) is 9.59 Å². The molecule has 2 N–H and O–H groups in total. The predicted octanol–water partition coefficient (Wildman–Crippen LogP) is 3.10. The third-order valence-electron chi connectivity index (χ3n) is 4.49. The quantitative estimate of drug-likeness (QED) is 0.806. The van der Waals surface area contributed by atoms with Gasteiger partial charge in [-0.25, -0.2) is 0 Å². The maximum atomic E-state index is 12.2. The van der Waals surface area contributed by atoms with Crippen molar-refractivity contribution in [1.29, 1.82) is 0 Å². The van der Waals surface area contributed by atoms with Gasteiger partial charge in [0.2, 0.25) is 11.8 Å². The Morgan fingerprint density at radius 1 is 1.12 bits per heavy atom. The van der Waals surface area contributed by atoms with Crippen molar-refractivity contribution in [2.45, 2.75) is 26.3 Å². The first-order chi connectivity index (χ1) is 12.5. The lowest BCUT2D eigenvalue weighted by atomic mass is 10.2. The van der Waals surface area contributed by atoms with Crippen LogP contribution in [0, 0.1) is 12.8 Å². The van der Waals surface area contributed by atoms with Crippen molar-refractivity contribution < 1.29 is 9.59 Å². The van der Waals surface area contributed by atoms with E-state index >= 15 is 0 Å². The maximum absolute atomic E-state index is 12.2. The second kappa shape index (κ2) is 8.04. The number of nitrogens with one attached hydrogen (secondary N) is 2. The number of amides is 2. The number of rotatable bonds is 7. The van der Waals surface area contributed by atoms with Crippen LogP contribution in [0.5, 0.6) is 0 Å². The molecule has 5 heteroatoms. The first-order valence-corrected chi connectivity index (χ1v) is 8.95. The molecule has 0 spiro atoms. The van der Waals surface area contributed by atoms with E-state index in [0.29, 0.717) is 13.1 Å². The van der Waals surface area contributed by atoms with Crippen LogP contribution in [0.15, 0.2) is 48.5 Å². The van der Waals surface area contributed by atoms with E-state index in [1.54, 1.807) is 0 Å². The molecule has 0 bridgehead atoms. The largest absolute Gasteiger partial charge is 0.365 e. The zero-order valence-electron chi connectivity index (χ0n) is 15.3. The van der Waals surface area contributed by atoms with E-state index in [1.165, 1.54) is 5.56 Å². The molecule has 2 aromatic carbocycles. The van der Waals surface area contributed by atoms with Gasteiger partial charge in [-0.05, 0) is 49.6 Å². The van der Waals surface area contributed by atoms with Gasteiger partial charge < -0.3 is 15.5 Å². The van der Waals surface area contributed by atoms with Gasteiger partial charge in [0.25, 0.3) is 0 Å². The van der Waals surface area contributed by atoms with Crippen LogP contribution in [0.4, 0.5) is 11.4 Å². The highest BCUT2D eigenvalue weighted by molar-refractivity contribution is 5.94. The Bertz CT molecular complexity index is 782.